The molecule has 0 amide bonds. The van der Waals surface area contributed by atoms with Crippen LogP contribution in [0.5, 0.6) is 0 Å². The normalized spacial score (nSPS) is 21.4. The molecule has 0 radical (unpaired) electrons. The predicted molar refractivity (Wildman–Crippen MR) is 74.7 cm³/mol. The molecule has 0 aliphatic carbocycles. The van der Waals surface area contributed by atoms with Crippen LogP contribution in [0.25, 0.3) is 0 Å². The van der Waals surface area contributed by atoms with Crippen LogP contribution >= 0.6 is 0 Å². The zero-order chi connectivity index (χ0) is 13.2. The molecule has 100 valence electrons. The Balaban J connectivity index is 2.21. The summed E-state index contributed by atoms with van der Waals surface area (Å²) in [5, 5.41) is 9.84. The van der Waals surface area contributed by atoms with Crippen molar-refractivity contribution in [1.29, 1.82) is 0 Å². The van der Waals surface area contributed by atoms with E-state index in [0.717, 1.165) is 24.5 Å². The number of nitrogens with zero attached hydrogens (tertiary/aromatic N) is 2. The summed E-state index contributed by atoms with van der Waals surface area (Å²) in [6, 6.07) is 3.87. The molecular weight excluding hydrogens is 224 g/mol. The summed E-state index contributed by atoms with van der Waals surface area (Å²) in [4.78, 5) is 6.81. The van der Waals surface area contributed by atoms with Gasteiger partial charge in [0.2, 0.25) is 0 Å². The van der Waals surface area contributed by atoms with Gasteiger partial charge in [0, 0.05) is 24.8 Å². The number of hydrogen-bond acceptors (Lipinski definition) is 3. The van der Waals surface area contributed by atoms with Gasteiger partial charge in [0.1, 0.15) is 5.82 Å². The maximum atomic E-state index is 9.84. The highest BCUT2D eigenvalue weighted by molar-refractivity contribution is 5.47. The third-order valence-electron chi connectivity index (χ3n) is 3.91. The minimum Gasteiger partial charge on any atom is -0.389 e. The summed E-state index contributed by atoms with van der Waals surface area (Å²) in [6.07, 6.45) is 5.01. The number of aliphatic hydroxyl groups is 1. The minimum absolute atomic E-state index is 0.425. The van der Waals surface area contributed by atoms with Crippen LogP contribution < -0.4 is 4.90 Å². The first-order valence-corrected chi connectivity index (χ1v) is 6.87. The van der Waals surface area contributed by atoms with E-state index in [1.807, 2.05) is 25.3 Å². The highest BCUT2D eigenvalue weighted by Crippen LogP contribution is 2.33. The van der Waals surface area contributed by atoms with Crippen molar-refractivity contribution in [3.05, 3.63) is 23.9 Å². The summed E-state index contributed by atoms with van der Waals surface area (Å²) in [5.74, 6) is 0.963. The zero-order valence-electron chi connectivity index (χ0n) is 11.7. The molecule has 18 heavy (non-hydrogen) atoms. The molecule has 1 aromatic heterocycles. The quantitative estimate of drug-likeness (QED) is 0.873. The monoisotopic (exact) mass is 248 g/mol. The van der Waals surface area contributed by atoms with Gasteiger partial charge in [0.15, 0.2) is 0 Å². The smallest absolute Gasteiger partial charge is 0.134 e. The second-order valence-corrected chi connectivity index (χ2v) is 6.10. The second kappa shape index (κ2) is 5.27. The highest BCUT2D eigenvalue weighted by atomic mass is 16.3. The second-order valence-electron chi connectivity index (χ2n) is 6.10. The van der Waals surface area contributed by atoms with Gasteiger partial charge in [-0.05, 0) is 37.7 Å². The molecule has 3 nitrogen and oxygen atoms in total. The molecule has 1 aliphatic rings. The fourth-order valence-electron chi connectivity index (χ4n) is 2.63. The van der Waals surface area contributed by atoms with Gasteiger partial charge < -0.3 is 10.0 Å². The van der Waals surface area contributed by atoms with E-state index < -0.39 is 6.10 Å². The van der Waals surface area contributed by atoms with Crippen molar-refractivity contribution in [3.63, 3.8) is 0 Å². The Morgan fingerprint density at radius 2 is 2.11 bits per heavy atom. The van der Waals surface area contributed by atoms with E-state index in [0.29, 0.717) is 5.41 Å². The molecule has 1 atom stereocenters. The van der Waals surface area contributed by atoms with Crippen LogP contribution in [0.4, 0.5) is 5.82 Å². The fourth-order valence-corrected chi connectivity index (χ4v) is 2.63. The summed E-state index contributed by atoms with van der Waals surface area (Å²) < 4.78 is 0. The Bertz CT molecular complexity index is 401. The standard InChI is InChI=1S/C15H24N2O/c1-12(18)13-6-4-9-16-14(13)17-10-5-7-15(2,3)8-11-17/h4,6,9,12,18H,5,7-8,10-11H2,1-3H3. The summed E-state index contributed by atoms with van der Waals surface area (Å²) >= 11 is 0. The molecular formula is C15H24N2O. The van der Waals surface area contributed by atoms with Crippen molar-refractivity contribution >= 4 is 5.82 Å². The summed E-state index contributed by atoms with van der Waals surface area (Å²) in [6.45, 7) is 8.56. The van der Waals surface area contributed by atoms with Gasteiger partial charge in [-0.25, -0.2) is 4.98 Å². The van der Waals surface area contributed by atoms with Gasteiger partial charge in [0.05, 0.1) is 6.10 Å². The molecule has 0 aromatic carbocycles. The predicted octanol–water partition coefficient (Wildman–Crippen LogP) is 3.15. The number of aromatic nitrogens is 1. The van der Waals surface area contributed by atoms with E-state index in [4.69, 9.17) is 0 Å². The van der Waals surface area contributed by atoms with E-state index in [1.165, 1.54) is 19.3 Å². The lowest BCUT2D eigenvalue weighted by molar-refractivity contribution is 0.199. The van der Waals surface area contributed by atoms with Crippen LogP contribution in [-0.4, -0.2) is 23.2 Å². The van der Waals surface area contributed by atoms with Gasteiger partial charge >= 0.3 is 0 Å². The lowest BCUT2D eigenvalue weighted by atomic mass is 9.85. The van der Waals surface area contributed by atoms with Crippen molar-refractivity contribution in [1.82, 2.24) is 4.98 Å². The highest BCUT2D eigenvalue weighted by Gasteiger charge is 2.25. The Morgan fingerprint density at radius 3 is 2.83 bits per heavy atom. The van der Waals surface area contributed by atoms with Crippen molar-refractivity contribution in [2.45, 2.75) is 46.1 Å². The molecule has 0 bridgehead atoms. The van der Waals surface area contributed by atoms with Crippen LogP contribution in [0.15, 0.2) is 18.3 Å². The lowest BCUT2D eigenvalue weighted by Gasteiger charge is -2.26. The molecule has 2 heterocycles. The van der Waals surface area contributed by atoms with Crippen LogP contribution in [0.3, 0.4) is 0 Å². The third kappa shape index (κ3) is 3.02. The van der Waals surface area contributed by atoms with Crippen LogP contribution in [-0.2, 0) is 0 Å². The van der Waals surface area contributed by atoms with E-state index in [9.17, 15) is 5.11 Å². The maximum Gasteiger partial charge on any atom is 0.134 e. The van der Waals surface area contributed by atoms with Crippen LogP contribution in [0.2, 0.25) is 0 Å². The molecule has 0 saturated carbocycles. The topological polar surface area (TPSA) is 36.4 Å². The van der Waals surface area contributed by atoms with Gasteiger partial charge in [-0.2, -0.15) is 0 Å². The lowest BCUT2D eigenvalue weighted by Crippen LogP contribution is -2.27. The van der Waals surface area contributed by atoms with Crippen molar-refractivity contribution in [3.8, 4) is 0 Å². The molecule has 1 N–H and O–H groups in total. The molecule has 3 heteroatoms. The summed E-state index contributed by atoms with van der Waals surface area (Å²) in [5.41, 5.74) is 1.37. The van der Waals surface area contributed by atoms with Crippen molar-refractivity contribution in [2.24, 2.45) is 5.41 Å². The molecule has 1 unspecified atom stereocenters. The van der Waals surface area contributed by atoms with Crippen molar-refractivity contribution < 1.29 is 5.11 Å². The number of anilines is 1. The zero-order valence-corrected chi connectivity index (χ0v) is 11.7. The average Bonchev–Trinajstić information content (AvgIpc) is 2.50. The molecule has 1 aromatic rings. The number of rotatable bonds is 2. The number of aliphatic hydroxyl groups excluding tert-OH is 1. The van der Waals surface area contributed by atoms with Crippen LogP contribution in [0.1, 0.15) is 51.7 Å². The molecule has 0 spiro atoms. The third-order valence-corrected chi connectivity index (χ3v) is 3.91. The Kier molecular flexibility index (Phi) is 3.91. The molecule has 1 fully saturated rings. The Hall–Kier alpha value is -1.09. The fraction of sp³-hybridized carbons (Fsp3) is 0.667. The first-order valence-electron chi connectivity index (χ1n) is 6.87. The van der Waals surface area contributed by atoms with Crippen LogP contribution in [0, 0.1) is 5.41 Å². The van der Waals surface area contributed by atoms with Gasteiger partial charge in [0.25, 0.3) is 0 Å². The minimum atomic E-state index is -0.454. The van der Waals surface area contributed by atoms with Gasteiger partial charge in [-0.3, -0.25) is 0 Å². The first kappa shape index (κ1) is 13.3. The summed E-state index contributed by atoms with van der Waals surface area (Å²) in [7, 11) is 0. The van der Waals surface area contributed by atoms with Crippen molar-refractivity contribution in [2.75, 3.05) is 18.0 Å². The largest absolute Gasteiger partial charge is 0.389 e. The number of hydrogen-bond donors (Lipinski definition) is 1. The Morgan fingerprint density at radius 1 is 1.33 bits per heavy atom. The van der Waals surface area contributed by atoms with Gasteiger partial charge in [-0.1, -0.05) is 19.9 Å². The first-order chi connectivity index (χ1) is 8.49. The maximum absolute atomic E-state index is 9.84. The van der Waals surface area contributed by atoms with E-state index in [1.54, 1.807) is 0 Å². The number of pyridine rings is 1. The molecule has 1 saturated heterocycles. The molecule has 2 rings (SSSR count). The van der Waals surface area contributed by atoms with Gasteiger partial charge in [-0.15, -0.1) is 0 Å². The average molecular weight is 248 g/mol. The van der Waals surface area contributed by atoms with E-state index in [-0.39, 0.29) is 0 Å². The van der Waals surface area contributed by atoms with E-state index >= 15 is 0 Å². The SMILES string of the molecule is CC(O)c1cccnc1N1CCCC(C)(C)CC1. The Labute approximate surface area is 110 Å². The van der Waals surface area contributed by atoms with E-state index in [2.05, 4.69) is 23.7 Å². The molecule has 1 aliphatic heterocycles.